The molecule has 0 saturated heterocycles. The van der Waals surface area contributed by atoms with Crippen LogP contribution in [-0.2, 0) is 16.0 Å². The highest BCUT2D eigenvalue weighted by atomic mass is 35.5. The van der Waals surface area contributed by atoms with Crippen LogP contribution in [0.5, 0.6) is 5.88 Å². The summed E-state index contributed by atoms with van der Waals surface area (Å²) in [5, 5.41) is 20.2. The van der Waals surface area contributed by atoms with Gasteiger partial charge in [0.2, 0.25) is 11.8 Å². The number of hydrogen-bond donors (Lipinski definition) is 2. The third-order valence-electron chi connectivity index (χ3n) is 5.60. The zero-order chi connectivity index (χ0) is 26.2. The number of aliphatic imine (C=N–C) groups is 1. The van der Waals surface area contributed by atoms with Crippen molar-refractivity contribution in [2.75, 3.05) is 40.3 Å². The molecule has 194 valence electrons. The minimum absolute atomic E-state index is 0.0880. The topological polar surface area (TPSA) is 98.3 Å². The molecule has 0 atom stereocenters. The predicted octanol–water partition coefficient (Wildman–Crippen LogP) is 4.79. The average Bonchev–Trinajstić information content (AvgIpc) is 3.27. The van der Waals surface area contributed by atoms with E-state index in [-0.39, 0.29) is 33.2 Å². The molecule has 0 saturated carbocycles. The van der Waals surface area contributed by atoms with Crippen molar-refractivity contribution in [2.24, 2.45) is 4.99 Å². The van der Waals surface area contributed by atoms with Crippen LogP contribution < -0.4 is 4.74 Å². The Morgan fingerprint density at radius 2 is 1.92 bits per heavy atom. The monoisotopic (exact) mass is 543 g/mol. The number of aromatic nitrogens is 2. The van der Waals surface area contributed by atoms with E-state index in [2.05, 4.69) is 20.6 Å². The maximum atomic E-state index is 9.37. The van der Waals surface area contributed by atoms with Gasteiger partial charge in [0.1, 0.15) is 0 Å². The maximum Gasteiger partial charge on any atom is 0.221 e. The lowest BCUT2D eigenvalue weighted by molar-refractivity contribution is -0.00747. The Balaban J connectivity index is 1.83. The van der Waals surface area contributed by atoms with Crippen molar-refractivity contribution in [1.29, 1.82) is 0 Å². The molecule has 4 aromatic rings. The van der Waals surface area contributed by atoms with Crippen LogP contribution in [0.25, 0.3) is 22.0 Å². The lowest BCUT2D eigenvalue weighted by Gasteiger charge is -2.10. The fraction of sp³-hybridized carbons (Fsp3) is 0.259. The van der Waals surface area contributed by atoms with E-state index in [1.165, 1.54) is 0 Å². The van der Waals surface area contributed by atoms with Crippen LogP contribution in [0, 0.1) is 0 Å². The van der Waals surface area contributed by atoms with Crippen molar-refractivity contribution < 1.29 is 24.4 Å². The molecular weight excluding hydrogens is 517 g/mol. The first kappa shape index (κ1) is 26.9. The third kappa shape index (κ3) is 6.41. The van der Waals surface area contributed by atoms with E-state index in [1.807, 2.05) is 42.6 Å². The van der Waals surface area contributed by atoms with E-state index in [0.717, 1.165) is 33.2 Å². The smallest absolute Gasteiger partial charge is 0.221 e. The molecule has 0 unspecified atom stereocenters. The summed E-state index contributed by atoms with van der Waals surface area (Å²) in [7, 11) is 1.59. The highest BCUT2D eigenvalue weighted by molar-refractivity contribution is 6.42. The number of rotatable bonds is 11. The van der Waals surface area contributed by atoms with E-state index in [1.54, 1.807) is 19.4 Å². The molecule has 2 aromatic heterocycles. The molecule has 8 nitrogen and oxygen atoms in total. The average molecular weight is 544 g/mol. The summed E-state index contributed by atoms with van der Waals surface area (Å²) in [5.74, 6) is 0.857. The Morgan fingerprint density at radius 1 is 1.05 bits per heavy atom. The van der Waals surface area contributed by atoms with Crippen molar-refractivity contribution in [2.45, 2.75) is 6.54 Å². The van der Waals surface area contributed by atoms with E-state index in [4.69, 9.17) is 42.5 Å². The van der Waals surface area contributed by atoms with E-state index in [9.17, 15) is 5.11 Å². The number of hydrogen-bond acceptors (Lipinski definition) is 7. The molecule has 0 aliphatic rings. The Kier molecular flexibility index (Phi) is 9.38. The molecule has 0 aliphatic heterocycles. The fourth-order valence-electron chi connectivity index (χ4n) is 3.95. The van der Waals surface area contributed by atoms with Gasteiger partial charge in [-0.15, -0.1) is 0 Å². The molecule has 0 bridgehead atoms. The molecule has 0 fully saturated rings. The molecule has 0 radical (unpaired) electrons. The number of methoxy groups -OCH3 is 1. The van der Waals surface area contributed by atoms with Crippen LogP contribution in [0.2, 0.25) is 10.0 Å². The lowest BCUT2D eigenvalue weighted by Crippen LogP contribution is -2.13. The van der Waals surface area contributed by atoms with Gasteiger partial charge < -0.3 is 29.0 Å². The summed E-state index contributed by atoms with van der Waals surface area (Å²) < 4.78 is 18.6. The van der Waals surface area contributed by atoms with Gasteiger partial charge in [-0.25, -0.2) is 9.98 Å². The number of pyridine rings is 1. The minimum atomic E-state index is -0.128. The molecule has 4 rings (SSSR count). The third-order valence-corrected chi connectivity index (χ3v) is 6.33. The molecular formula is C27H27Cl2N3O5. The first-order valence-electron chi connectivity index (χ1n) is 11.6. The summed E-state index contributed by atoms with van der Waals surface area (Å²) in [5.41, 5.74) is 4.40. The second-order valence-corrected chi connectivity index (χ2v) is 8.83. The zero-order valence-electron chi connectivity index (χ0n) is 20.2. The summed E-state index contributed by atoms with van der Waals surface area (Å²) in [6.45, 7) is 0.486. The molecule has 2 aromatic carbocycles. The van der Waals surface area contributed by atoms with Gasteiger partial charge in [-0.2, -0.15) is 0 Å². The SMILES string of the molecule is COc1ncccc1-c1ccc2c(C(=NCCO)OCOCCO)cn(Cc3ccc(Cl)c(Cl)c3)c2c1. The molecule has 37 heavy (non-hydrogen) atoms. The zero-order valence-corrected chi connectivity index (χ0v) is 21.7. The standard InChI is InChI=1S/C27H27Cl2N3O5/c1-35-26-20(3-2-8-30-26)19-5-6-21-22(27(31-9-10-33)37-17-36-12-11-34)16-32(25(21)14-19)15-18-4-7-23(28)24(29)13-18/h2-8,13-14,16,33-34H,9-12,15,17H2,1H3. The number of fused-ring (bicyclic) bond motifs is 1. The Labute approximate surface area is 224 Å². The number of benzene rings is 2. The second kappa shape index (κ2) is 12.9. The van der Waals surface area contributed by atoms with E-state index >= 15 is 0 Å². The van der Waals surface area contributed by atoms with Gasteiger partial charge in [0.25, 0.3) is 0 Å². The summed E-state index contributed by atoms with van der Waals surface area (Å²) in [6.07, 6.45) is 3.63. The fourth-order valence-corrected chi connectivity index (χ4v) is 4.27. The first-order chi connectivity index (χ1) is 18.0. The van der Waals surface area contributed by atoms with Gasteiger partial charge in [-0.1, -0.05) is 41.4 Å². The Hall–Kier alpha value is -3.14. The molecule has 0 spiro atoms. The molecule has 2 heterocycles. The van der Waals surface area contributed by atoms with Crippen LogP contribution in [0.1, 0.15) is 11.1 Å². The van der Waals surface area contributed by atoms with Gasteiger partial charge in [0.05, 0.1) is 49.1 Å². The van der Waals surface area contributed by atoms with E-state index < -0.39 is 0 Å². The second-order valence-electron chi connectivity index (χ2n) is 8.02. The summed E-state index contributed by atoms with van der Waals surface area (Å²) in [4.78, 5) is 8.76. The molecule has 0 amide bonds. The minimum Gasteiger partial charge on any atom is -0.481 e. The van der Waals surface area contributed by atoms with Crippen molar-refractivity contribution in [3.05, 3.63) is 82.1 Å². The predicted molar refractivity (Wildman–Crippen MR) is 145 cm³/mol. The van der Waals surface area contributed by atoms with Crippen LogP contribution in [0.4, 0.5) is 0 Å². The quantitative estimate of drug-likeness (QED) is 0.122. The van der Waals surface area contributed by atoms with Crippen molar-refractivity contribution in [3.8, 4) is 17.0 Å². The number of aliphatic hydroxyl groups is 2. The van der Waals surface area contributed by atoms with Crippen molar-refractivity contribution in [3.63, 3.8) is 0 Å². The van der Waals surface area contributed by atoms with Gasteiger partial charge in [0.15, 0.2) is 6.79 Å². The van der Waals surface area contributed by atoms with Crippen molar-refractivity contribution >= 4 is 40.0 Å². The highest BCUT2D eigenvalue weighted by Gasteiger charge is 2.18. The number of aliphatic hydroxyl groups excluding tert-OH is 2. The Morgan fingerprint density at radius 3 is 2.68 bits per heavy atom. The number of ether oxygens (including phenoxy) is 3. The van der Waals surface area contributed by atoms with Gasteiger partial charge in [0, 0.05) is 35.4 Å². The summed E-state index contributed by atoms with van der Waals surface area (Å²) >= 11 is 12.4. The number of nitrogens with zero attached hydrogens (tertiary/aromatic N) is 3. The maximum absolute atomic E-state index is 9.37. The summed E-state index contributed by atoms with van der Waals surface area (Å²) in [6, 6.07) is 15.4. The Bertz CT molecular complexity index is 1390. The molecule has 2 N–H and O–H groups in total. The van der Waals surface area contributed by atoms with Gasteiger partial charge in [-0.05, 0) is 41.5 Å². The van der Waals surface area contributed by atoms with Gasteiger partial charge >= 0.3 is 0 Å². The van der Waals surface area contributed by atoms with Crippen LogP contribution in [0.15, 0.2) is 65.9 Å². The number of halogens is 2. The van der Waals surface area contributed by atoms with Crippen LogP contribution >= 0.6 is 23.2 Å². The van der Waals surface area contributed by atoms with Crippen LogP contribution in [-0.4, -0.2) is 65.9 Å². The van der Waals surface area contributed by atoms with Crippen LogP contribution in [0.3, 0.4) is 0 Å². The molecule has 10 heteroatoms. The van der Waals surface area contributed by atoms with E-state index in [0.29, 0.717) is 28.4 Å². The largest absolute Gasteiger partial charge is 0.481 e. The lowest BCUT2D eigenvalue weighted by atomic mass is 10.0. The molecule has 0 aliphatic carbocycles. The highest BCUT2D eigenvalue weighted by Crippen LogP contribution is 2.33. The normalized spacial score (nSPS) is 11.8. The van der Waals surface area contributed by atoms with Crippen molar-refractivity contribution in [1.82, 2.24) is 9.55 Å². The van der Waals surface area contributed by atoms with Gasteiger partial charge in [-0.3, -0.25) is 0 Å². The first-order valence-corrected chi connectivity index (χ1v) is 12.3.